The molecule has 0 atom stereocenters. The predicted octanol–water partition coefficient (Wildman–Crippen LogP) is 4.09. The molecule has 2 fully saturated rings. The molecule has 128 valence electrons. The monoisotopic (exact) mass is 324 g/mol. The van der Waals surface area contributed by atoms with E-state index in [4.69, 9.17) is 4.98 Å². The van der Waals surface area contributed by atoms with Gasteiger partial charge in [0.05, 0.1) is 0 Å². The average Bonchev–Trinajstić information content (AvgIpc) is 3.09. The van der Waals surface area contributed by atoms with Crippen LogP contribution in [-0.2, 0) is 0 Å². The van der Waals surface area contributed by atoms with E-state index in [1.54, 1.807) is 0 Å². The van der Waals surface area contributed by atoms with Gasteiger partial charge in [-0.05, 0) is 57.8 Å². The molecule has 0 radical (unpaired) electrons. The Labute approximate surface area is 144 Å². The summed E-state index contributed by atoms with van der Waals surface area (Å²) in [4.78, 5) is 12.0. The Hall–Kier alpha value is -1.68. The molecule has 4 nitrogen and oxygen atoms in total. The smallest absolute Gasteiger partial charge is 0.138 e. The summed E-state index contributed by atoms with van der Waals surface area (Å²) in [5.74, 6) is 2.59. The van der Waals surface area contributed by atoms with E-state index in [2.05, 4.69) is 32.7 Å². The van der Waals surface area contributed by atoms with Crippen LogP contribution >= 0.6 is 0 Å². The van der Waals surface area contributed by atoms with E-state index in [1.807, 2.05) is 19.3 Å². The van der Waals surface area contributed by atoms with E-state index in [1.165, 1.54) is 63.7 Å². The van der Waals surface area contributed by atoms with Gasteiger partial charge in [-0.15, -0.1) is 0 Å². The molecule has 2 aromatic heterocycles. The Morgan fingerprint density at radius 3 is 2.50 bits per heavy atom. The highest BCUT2D eigenvalue weighted by atomic mass is 15.2. The molecule has 1 aliphatic heterocycles. The second-order valence-electron chi connectivity index (χ2n) is 7.37. The Kier molecular flexibility index (Phi) is 4.65. The Bertz CT molecular complexity index is 664. The number of rotatable bonds is 3. The zero-order valence-electron chi connectivity index (χ0n) is 14.7. The SMILES string of the molecule is Cc1nccn1-c1cccc(C2CCN(C3CCCCC3)CC2)n1. The Balaban J connectivity index is 1.43. The number of imidazole rings is 1. The maximum Gasteiger partial charge on any atom is 0.138 e. The summed E-state index contributed by atoms with van der Waals surface area (Å²) >= 11 is 0. The largest absolute Gasteiger partial charge is 0.300 e. The number of aryl methyl sites for hydroxylation is 1. The molecule has 24 heavy (non-hydrogen) atoms. The van der Waals surface area contributed by atoms with Gasteiger partial charge >= 0.3 is 0 Å². The molecule has 0 amide bonds. The van der Waals surface area contributed by atoms with Crippen molar-refractivity contribution in [2.75, 3.05) is 13.1 Å². The second-order valence-corrected chi connectivity index (χ2v) is 7.37. The van der Waals surface area contributed by atoms with Gasteiger partial charge in [-0.25, -0.2) is 9.97 Å². The van der Waals surface area contributed by atoms with E-state index in [0.29, 0.717) is 5.92 Å². The topological polar surface area (TPSA) is 34.0 Å². The quantitative estimate of drug-likeness (QED) is 0.853. The Morgan fingerprint density at radius 2 is 1.79 bits per heavy atom. The summed E-state index contributed by atoms with van der Waals surface area (Å²) in [6.45, 7) is 4.51. The van der Waals surface area contributed by atoms with Gasteiger partial charge in [-0.1, -0.05) is 25.3 Å². The van der Waals surface area contributed by atoms with Gasteiger partial charge in [0.2, 0.25) is 0 Å². The van der Waals surface area contributed by atoms with E-state index >= 15 is 0 Å². The minimum atomic E-state index is 0.605. The molecule has 0 aromatic carbocycles. The fourth-order valence-corrected chi connectivity index (χ4v) is 4.43. The maximum atomic E-state index is 4.94. The fourth-order valence-electron chi connectivity index (χ4n) is 4.43. The van der Waals surface area contributed by atoms with Crippen LogP contribution in [-0.4, -0.2) is 38.6 Å². The standard InChI is InChI=1S/C20H28N4/c1-16-21-12-15-24(16)20-9-5-8-19(22-20)17-10-13-23(14-11-17)18-6-3-2-4-7-18/h5,8-9,12,15,17-18H,2-4,6-7,10-11,13-14H2,1H3. The fraction of sp³-hybridized carbons (Fsp3) is 0.600. The van der Waals surface area contributed by atoms with Crippen molar-refractivity contribution in [3.63, 3.8) is 0 Å². The number of hydrogen-bond acceptors (Lipinski definition) is 3. The lowest BCUT2D eigenvalue weighted by Crippen LogP contribution is -2.42. The molecule has 0 bridgehead atoms. The van der Waals surface area contributed by atoms with E-state index < -0.39 is 0 Å². The van der Waals surface area contributed by atoms with Crippen LogP contribution in [0.3, 0.4) is 0 Å². The first-order valence-electron chi connectivity index (χ1n) is 9.52. The van der Waals surface area contributed by atoms with Crippen LogP contribution in [0.15, 0.2) is 30.6 Å². The third kappa shape index (κ3) is 3.25. The van der Waals surface area contributed by atoms with Crippen molar-refractivity contribution >= 4 is 0 Å². The number of piperidine rings is 1. The van der Waals surface area contributed by atoms with Crippen LogP contribution in [0, 0.1) is 6.92 Å². The molecule has 1 saturated carbocycles. The predicted molar refractivity (Wildman–Crippen MR) is 96.5 cm³/mol. The second kappa shape index (κ2) is 7.06. The molecule has 4 heteroatoms. The molecule has 2 aliphatic rings. The average molecular weight is 324 g/mol. The molecule has 4 rings (SSSR count). The zero-order chi connectivity index (χ0) is 16.4. The highest BCUT2D eigenvalue weighted by Gasteiger charge is 2.27. The third-order valence-electron chi connectivity index (χ3n) is 5.87. The van der Waals surface area contributed by atoms with Gasteiger partial charge in [-0.3, -0.25) is 4.57 Å². The molecular formula is C20H28N4. The van der Waals surface area contributed by atoms with E-state index in [-0.39, 0.29) is 0 Å². The molecule has 0 spiro atoms. The number of likely N-dealkylation sites (tertiary alicyclic amines) is 1. The number of hydrogen-bond donors (Lipinski definition) is 0. The molecule has 0 unspecified atom stereocenters. The van der Waals surface area contributed by atoms with Gasteiger partial charge in [0, 0.05) is 30.0 Å². The van der Waals surface area contributed by atoms with Gasteiger partial charge in [0.15, 0.2) is 0 Å². The number of aromatic nitrogens is 3. The lowest BCUT2D eigenvalue weighted by atomic mass is 9.88. The van der Waals surface area contributed by atoms with Crippen molar-refractivity contribution in [1.82, 2.24) is 19.4 Å². The van der Waals surface area contributed by atoms with Crippen molar-refractivity contribution in [3.05, 3.63) is 42.1 Å². The minimum Gasteiger partial charge on any atom is -0.300 e. The summed E-state index contributed by atoms with van der Waals surface area (Å²) in [5, 5.41) is 0. The summed E-state index contributed by atoms with van der Waals surface area (Å²) in [6, 6.07) is 7.28. The van der Waals surface area contributed by atoms with Crippen LogP contribution in [0.2, 0.25) is 0 Å². The van der Waals surface area contributed by atoms with Crippen molar-refractivity contribution in [1.29, 1.82) is 0 Å². The van der Waals surface area contributed by atoms with Crippen LogP contribution in [0.5, 0.6) is 0 Å². The lowest BCUT2D eigenvalue weighted by molar-refractivity contribution is 0.121. The summed E-state index contributed by atoms with van der Waals surface area (Å²) in [7, 11) is 0. The zero-order valence-corrected chi connectivity index (χ0v) is 14.7. The molecule has 3 heterocycles. The van der Waals surface area contributed by atoms with Gasteiger partial charge in [0.1, 0.15) is 11.6 Å². The summed E-state index contributed by atoms with van der Waals surface area (Å²) < 4.78 is 2.07. The third-order valence-corrected chi connectivity index (χ3v) is 5.87. The lowest BCUT2D eigenvalue weighted by Gasteiger charge is -2.39. The van der Waals surface area contributed by atoms with Crippen LogP contribution in [0.1, 0.15) is 62.4 Å². The van der Waals surface area contributed by atoms with Crippen LogP contribution in [0.25, 0.3) is 5.82 Å². The van der Waals surface area contributed by atoms with Crippen LogP contribution < -0.4 is 0 Å². The highest BCUT2D eigenvalue weighted by Crippen LogP contribution is 2.31. The molecule has 0 N–H and O–H groups in total. The maximum absolute atomic E-state index is 4.94. The van der Waals surface area contributed by atoms with Crippen molar-refractivity contribution in [2.45, 2.75) is 63.8 Å². The molecule has 2 aromatic rings. The van der Waals surface area contributed by atoms with E-state index in [0.717, 1.165) is 17.7 Å². The van der Waals surface area contributed by atoms with Gasteiger partial charge in [0.25, 0.3) is 0 Å². The minimum absolute atomic E-state index is 0.605. The first-order chi connectivity index (χ1) is 11.8. The van der Waals surface area contributed by atoms with E-state index in [9.17, 15) is 0 Å². The van der Waals surface area contributed by atoms with Crippen molar-refractivity contribution in [3.8, 4) is 5.82 Å². The Morgan fingerprint density at radius 1 is 1.00 bits per heavy atom. The first kappa shape index (κ1) is 15.8. The van der Waals surface area contributed by atoms with Gasteiger partial charge in [-0.2, -0.15) is 0 Å². The van der Waals surface area contributed by atoms with Crippen LogP contribution in [0.4, 0.5) is 0 Å². The summed E-state index contributed by atoms with van der Waals surface area (Å²) in [5.41, 5.74) is 1.25. The molecular weight excluding hydrogens is 296 g/mol. The number of pyridine rings is 1. The number of nitrogens with zero attached hydrogens (tertiary/aromatic N) is 4. The normalized spacial score (nSPS) is 21.2. The van der Waals surface area contributed by atoms with Crippen molar-refractivity contribution < 1.29 is 0 Å². The first-order valence-corrected chi connectivity index (χ1v) is 9.52. The summed E-state index contributed by atoms with van der Waals surface area (Å²) in [6.07, 6.45) is 13.5. The van der Waals surface area contributed by atoms with Crippen molar-refractivity contribution in [2.24, 2.45) is 0 Å². The molecule has 1 saturated heterocycles. The molecule has 1 aliphatic carbocycles. The highest BCUT2D eigenvalue weighted by molar-refractivity contribution is 5.28. The van der Waals surface area contributed by atoms with Gasteiger partial charge < -0.3 is 4.90 Å².